The average Bonchev–Trinajstić information content (AvgIpc) is 2.82. The Morgan fingerprint density at radius 2 is 2.03 bits per heavy atom. The molecule has 2 amide bonds. The van der Waals surface area contributed by atoms with Crippen LogP contribution in [0.2, 0.25) is 0 Å². The van der Waals surface area contributed by atoms with Gasteiger partial charge in [-0.05, 0) is 30.2 Å². The average molecular weight is 424 g/mol. The number of nitrogens with zero attached hydrogens (tertiary/aromatic N) is 4. The Bertz CT molecular complexity index is 1020. The number of fused-ring (bicyclic) bond motifs is 3. The normalized spacial score (nSPS) is 21.3. The van der Waals surface area contributed by atoms with Gasteiger partial charge in [0.25, 0.3) is 0 Å². The number of aromatic nitrogens is 2. The Morgan fingerprint density at radius 3 is 2.74 bits per heavy atom. The second-order valence-corrected chi connectivity index (χ2v) is 9.55. The highest BCUT2D eigenvalue weighted by atomic mass is 16.4. The molecule has 1 aromatic carbocycles. The first-order valence-electron chi connectivity index (χ1n) is 10.7. The third-order valence-electron chi connectivity index (χ3n) is 6.37. The van der Waals surface area contributed by atoms with E-state index < -0.39 is 6.09 Å². The molecule has 0 saturated carbocycles. The van der Waals surface area contributed by atoms with E-state index in [1.165, 1.54) is 0 Å². The maximum Gasteiger partial charge on any atom is 0.407 e. The van der Waals surface area contributed by atoms with Gasteiger partial charge in [0, 0.05) is 36.5 Å². The molecule has 2 unspecified atom stereocenters. The van der Waals surface area contributed by atoms with Gasteiger partial charge in [-0.1, -0.05) is 39.0 Å². The summed E-state index contributed by atoms with van der Waals surface area (Å²) in [5.41, 5.74) is 8.80. The summed E-state index contributed by atoms with van der Waals surface area (Å²) in [7, 11) is 0. The number of carbonyl (C=O) groups excluding carboxylic acids is 1. The third kappa shape index (κ3) is 4.06. The van der Waals surface area contributed by atoms with E-state index >= 15 is 0 Å². The Labute approximate surface area is 182 Å². The van der Waals surface area contributed by atoms with E-state index in [1.54, 1.807) is 11.1 Å². The molecule has 31 heavy (non-hydrogen) atoms. The highest BCUT2D eigenvalue weighted by Crippen LogP contribution is 2.39. The lowest BCUT2D eigenvalue weighted by Gasteiger charge is -2.45. The number of hydrogen-bond acceptors (Lipinski definition) is 5. The van der Waals surface area contributed by atoms with Crippen LogP contribution in [0.3, 0.4) is 0 Å². The fraction of sp³-hybridized carbons (Fsp3) is 0.478. The summed E-state index contributed by atoms with van der Waals surface area (Å²) in [5.74, 6) is 0.380. The molecule has 3 N–H and O–H groups in total. The number of anilines is 2. The molecule has 1 aromatic heterocycles. The van der Waals surface area contributed by atoms with Crippen molar-refractivity contribution in [2.75, 3.05) is 23.7 Å². The number of para-hydroxylation sites is 1. The second-order valence-electron chi connectivity index (χ2n) is 9.55. The minimum absolute atomic E-state index is 0.00690. The highest BCUT2D eigenvalue weighted by molar-refractivity contribution is 6.01. The molecule has 8 nitrogen and oxygen atoms in total. The molecule has 3 heterocycles. The number of amides is 2. The van der Waals surface area contributed by atoms with Gasteiger partial charge >= 0.3 is 6.09 Å². The molecule has 2 aliphatic heterocycles. The largest absolute Gasteiger partial charge is 0.465 e. The van der Waals surface area contributed by atoms with Crippen LogP contribution < -0.4 is 10.6 Å². The van der Waals surface area contributed by atoms with E-state index in [0.717, 1.165) is 29.7 Å². The number of carboxylic acid groups (broad SMARTS) is 1. The van der Waals surface area contributed by atoms with E-state index in [0.29, 0.717) is 18.8 Å². The first-order chi connectivity index (χ1) is 14.6. The molecule has 2 atom stereocenters. The van der Waals surface area contributed by atoms with Crippen LogP contribution in [-0.2, 0) is 11.2 Å². The van der Waals surface area contributed by atoms with Crippen molar-refractivity contribution in [1.82, 2.24) is 14.9 Å². The second kappa shape index (κ2) is 7.83. The number of rotatable bonds is 2. The molecule has 0 bridgehead atoms. The van der Waals surface area contributed by atoms with Crippen molar-refractivity contribution < 1.29 is 14.7 Å². The van der Waals surface area contributed by atoms with Crippen LogP contribution in [-0.4, -0.2) is 51.1 Å². The van der Waals surface area contributed by atoms with Crippen LogP contribution in [0.25, 0.3) is 11.3 Å². The maximum absolute atomic E-state index is 13.3. The summed E-state index contributed by atoms with van der Waals surface area (Å²) in [4.78, 5) is 36.9. The molecule has 164 valence electrons. The molecule has 0 radical (unpaired) electrons. The van der Waals surface area contributed by atoms with E-state index in [9.17, 15) is 14.7 Å². The van der Waals surface area contributed by atoms with E-state index in [2.05, 4.69) is 30.7 Å². The smallest absolute Gasteiger partial charge is 0.407 e. The lowest BCUT2D eigenvalue weighted by Crippen LogP contribution is -2.53. The fourth-order valence-electron chi connectivity index (χ4n) is 4.80. The summed E-state index contributed by atoms with van der Waals surface area (Å²) >= 11 is 0. The minimum Gasteiger partial charge on any atom is -0.465 e. The number of nitrogens with two attached hydrogens (primary N) is 1. The molecular formula is C23H29N5O3. The molecular weight excluding hydrogens is 394 g/mol. The molecule has 2 aromatic rings. The first-order valence-corrected chi connectivity index (χ1v) is 10.7. The van der Waals surface area contributed by atoms with Crippen molar-refractivity contribution in [3.63, 3.8) is 0 Å². The predicted octanol–water partition coefficient (Wildman–Crippen LogP) is 3.42. The standard InChI is InChI=1S/C23H29N5O3/c1-23(2,3)18-10-14(8-9-27(18)22(30)31)13-28-17-7-5-4-6-16(17)20-15(11-19(28)29)12-25-21(24)26-20/h4-7,12,14,18H,8-11,13H2,1-3H3,(H,30,31)(H2,24,25,26). The Kier molecular flexibility index (Phi) is 5.33. The summed E-state index contributed by atoms with van der Waals surface area (Å²) < 4.78 is 0. The number of likely N-dealkylation sites (tertiary alicyclic amines) is 1. The summed E-state index contributed by atoms with van der Waals surface area (Å²) in [6, 6.07) is 7.64. The third-order valence-corrected chi connectivity index (χ3v) is 6.37. The van der Waals surface area contributed by atoms with Crippen molar-refractivity contribution in [3.05, 3.63) is 36.0 Å². The van der Waals surface area contributed by atoms with Gasteiger partial charge in [0.2, 0.25) is 11.9 Å². The van der Waals surface area contributed by atoms with Crippen LogP contribution in [0.1, 0.15) is 39.2 Å². The van der Waals surface area contributed by atoms with Crippen molar-refractivity contribution in [2.45, 2.75) is 46.1 Å². The molecule has 8 heteroatoms. The number of hydrogen-bond donors (Lipinski definition) is 2. The van der Waals surface area contributed by atoms with E-state index in [-0.39, 0.29) is 35.7 Å². The van der Waals surface area contributed by atoms with Crippen LogP contribution in [0, 0.1) is 11.3 Å². The zero-order valence-electron chi connectivity index (χ0n) is 18.2. The van der Waals surface area contributed by atoms with Gasteiger partial charge in [0.1, 0.15) is 0 Å². The SMILES string of the molecule is CC(C)(C)C1CC(CN2C(=O)Cc3cnc(N)nc3-c3ccccc32)CCN1C(=O)O. The molecule has 0 spiro atoms. The fourth-order valence-corrected chi connectivity index (χ4v) is 4.80. The van der Waals surface area contributed by atoms with Gasteiger partial charge in [-0.15, -0.1) is 0 Å². The molecule has 2 aliphatic rings. The first kappa shape index (κ1) is 21.1. The van der Waals surface area contributed by atoms with Crippen LogP contribution in [0.15, 0.2) is 30.5 Å². The summed E-state index contributed by atoms with van der Waals surface area (Å²) in [6.45, 7) is 7.24. The van der Waals surface area contributed by atoms with Gasteiger partial charge in [0.15, 0.2) is 0 Å². The van der Waals surface area contributed by atoms with Crippen LogP contribution in [0.5, 0.6) is 0 Å². The van der Waals surface area contributed by atoms with E-state index in [1.807, 2.05) is 29.2 Å². The molecule has 1 fully saturated rings. The zero-order chi connectivity index (χ0) is 22.3. The number of carbonyl (C=O) groups is 2. The lowest BCUT2D eigenvalue weighted by molar-refractivity contribution is -0.118. The topological polar surface area (TPSA) is 113 Å². The molecule has 1 saturated heterocycles. The van der Waals surface area contributed by atoms with E-state index in [4.69, 9.17) is 5.73 Å². The maximum atomic E-state index is 13.3. The summed E-state index contributed by atoms with van der Waals surface area (Å²) in [6.07, 6.45) is 2.42. The van der Waals surface area contributed by atoms with Crippen molar-refractivity contribution in [2.24, 2.45) is 11.3 Å². The van der Waals surface area contributed by atoms with Crippen LogP contribution in [0.4, 0.5) is 16.4 Å². The molecule has 0 aliphatic carbocycles. The van der Waals surface area contributed by atoms with Gasteiger partial charge in [-0.2, -0.15) is 0 Å². The number of nitrogen functional groups attached to an aromatic ring is 1. The Balaban J connectivity index is 1.65. The lowest BCUT2D eigenvalue weighted by atomic mass is 9.77. The predicted molar refractivity (Wildman–Crippen MR) is 119 cm³/mol. The van der Waals surface area contributed by atoms with Gasteiger partial charge < -0.3 is 20.6 Å². The Morgan fingerprint density at radius 1 is 1.29 bits per heavy atom. The van der Waals surface area contributed by atoms with Crippen LogP contribution >= 0.6 is 0 Å². The summed E-state index contributed by atoms with van der Waals surface area (Å²) in [5, 5.41) is 9.65. The number of benzene rings is 1. The number of piperidine rings is 1. The van der Waals surface area contributed by atoms with Gasteiger partial charge in [0.05, 0.1) is 17.8 Å². The van der Waals surface area contributed by atoms with Gasteiger partial charge in [-0.3, -0.25) is 4.79 Å². The van der Waals surface area contributed by atoms with Gasteiger partial charge in [-0.25, -0.2) is 14.8 Å². The molecule has 4 rings (SSSR count). The van der Waals surface area contributed by atoms with Crippen molar-refractivity contribution in [1.29, 1.82) is 0 Å². The zero-order valence-corrected chi connectivity index (χ0v) is 18.2. The Hall–Kier alpha value is -3.16. The monoisotopic (exact) mass is 423 g/mol. The minimum atomic E-state index is -0.874. The van der Waals surface area contributed by atoms with Crippen molar-refractivity contribution >= 4 is 23.6 Å². The highest BCUT2D eigenvalue weighted by Gasteiger charge is 2.40. The van der Waals surface area contributed by atoms with Crippen molar-refractivity contribution in [3.8, 4) is 11.3 Å². The quantitative estimate of drug-likeness (QED) is 0.765.